The van der Waals surface area contributed by atoms with Crippen LogP contribution >= 0.6 is 0 Å². The molecule has 1 aliphatic carbocycles. The second kappa shape index (κ2) is 6.86. The fourth-order valence-electron chi connectivity index (χ4n) is 1.83. The third kappa shape index (κ3) is 4.94. The van der Waals surface area contributed by atoms with Crippen LogP contribution in [0.25, 0.3) is 0 Å². The summed E-state index contributed by atoms with van der Waals surface area (Å²) in [5, 5.41) is 6.25. The maximum Gasteiger partial charge on any atom is 0.221 e. The molecule has 0 unspecified atom stereocenters. The van der Waals surface area contributed by atoms with Gasteiger partial charge in [-0.05, 0) is 19.8 Å². The molecule has 1 aliphatic rings. The van der Waals surface area contributed by atoms with Gasteiger partial charge in [0.15, 0.2) is 0 Å². The zero-order valence-electron chi connectivity index (χ0n) is 10.6. The fraction of sp³-hybridized carbons (Fsp3) is 0.917. The van der Waals surface area contributed by atoms with Gasteiger partial charge in [-0.3, -0.25) is 4.79 Å². The lowest BCUT2D eigenvalue weighted by molar-refractivity contribution is -0.123. The van der Waals surface area contributed by atoms with Gasteiger partial charge in [0.05, 0.1) is 6.10 Å². The minimum absolute atomic E-state index is 0.146. The molecule has 0 aromatic rings. The lowest BCUT2D eigenvalue weighted by atomic mass is 9.89. The third-order valence-corrected chi connectivity index (χ3v) is 2.77. The Bertz CT molecular complexity index is 213. The van der Waals surface area contributed by atoms with Crippen LogP contribution in [0.3, 0.4) is 0 Å². The Balaban J connectivity index is 1.99. The number of carbonyl (C=O) groups is 1. The molecule has 94 valence electrons. The standard InChI is InChI=1S/C12H24N2O2/c1-4-16-11-7-10(8-11)14-12(15)5-6-13-9(2)3/h9-11,13H,4-8H2,1-3H3,(H,14,15). The van der Waals surface area contributed by atoms with Crippen molar-refractivity contribution in [1.29, 1.82) is 0 Å². The van der Waals surface area contributed by atoms with E-state index in [0.717, 1.165) is 26.0 Å². The molecule has 0 atom stereocenters. The van der Waals surface area contributed by atoms with Gasteiger partial charge in [-0.2, -0.15) is 0 Å². The molecule has 1 amide bonds. The van der Waals surface area contributed by atoms with E-state index >= 15 is 0 Å². The van der Waals surface area contributed by atoms with Crippen molar-refractivity contribution in [2.24, 2.45) is 0 Å². The zero-order valence-corrected chi connectivity index (χ0v) is 10.6. The molecule has 0 heterocycles. The van der Waals surface area contributed by atoms with Crippen LogP contribution in [0.2, 0.25) is 0 Å². The lowest BCUT2D eigenvalue weighted by Crippen LogP contribution is -2.48. The molecule has 0 aliphatic heterocycles. The third-order valence-electron chi connectivity index (χ3n) is 2.77. The van der Waals surface area contributed by atoms with Crippen molar-refractivity contribution in [2.75, 3.05) is 13.2 Å². The average molecular weight is 228 g/mol. The summed E-state index contributed by atoms with van der Waals surface area (Å²) in [5.41, 5.74) is 0. The Morgan fingerprint density at radius 1 is 1.44 bits per heavy atom. The molecule has 0 aromatic heterocycles. The van der Waals surface area contributed by atoms with E-state index < -0.39 is 0 Å². The van der Waals surface area contributed by atoms with Gasteiger partial charge in [0.2, 0.25) is 5.91 Å². The van der Waals surface area contributed by atoms with Gasteiger partial charge in [-0.25, -0.2) is 0 Å². The summed E-state index contributed by atoms with van der Waals surface area (Å²) in [6, 6.07) is 0.780. The van der Waals surface area contributed by atoms with E-state index in [1.165, 1.54) is 0 Å². The maximum absolute atomic E-state index is 11.5. The number of nitrogens with one attached hydrogen (secondary N) is 2. The van der Waals surface area contributed by atoms with Crippen LogP contribution < -0.4 is 10.6 Å². The molecule has 1 rings (SSSR count). The van der Waals surface area contributed by atoms with Gasteiger partial charge in [0.25, 0.3) is 0 Å². The number of carbonyl (C=O) groups excluding carboxylic acids is 1. The molecule has 0 aromatic carbocycles. The van der Waals surface area contributed by atoms with Crippen LogP contribution in [-0.2, 0) is 9.53 Å². The molecule has 1 saturated carbocycles. The van der Waals surface area contributed by atoms with Gasteiger partial charge >= 0.3 is 0 Å². The summed E-state index contributed by atoms with van der Waals surface area (Å²) >= 11 is 0. The van der Waals surface area contributed by atoms with Crippen LogP contribution in [0.15, 0.2) is 0 Å². The first kappa shape index (κ1) is 13.5. The first-order valence-electron chi connectivity index (χ1n) is 6.26. The number of hydrogen-bond acceptors (Lipinski definition) is 3. The van der Waals surface area contributed by atoms with Gasteiger partial charge in [-0.15, -0.1) is 0 Å². The predicted octanol–water partition coefficient (Wildman–Crippen LogP) is 1.06. The Hall–Kier alpha value is -0.610. The normalized spacial score (nSPS) is 24.2. The van der Waals surface area contributed by atoms with Crippen molar-refractivity contribution in [3.8, 4) is 0 Å². The van der Waals surface area contributed by atoms with Crippen LogP contribution in [0, 0.1) is 0 Å². The van der Waals surface area contributed by atoms with E-state index in [4.69, 9.17) is 4.74 Å². The highest BCUT2D eigenvalue weighted by atomic mass is 16.5. The van der Waals surface area contributed by atoms with Gasteiger partial charge in [0.1, 0.15) is 0 Å². The van der Waals surface area contributed by atoms with E-state index in [1.54, 1.807) is 0 Å². The van der Waals surface area contributed by atoms with E-state index in [9.17, 15) is 4.79 Å². The number of rotatable bonds is 7. The van der Waals surface area contributed by atoms with Crippen LogP contribution in [0.5, 0.6) is 0 Å². The molecule has 16 heavy (non-hydrogen) atoms. The van der Waals surface area contributed by atoms with Gasteiger partial charge in [0, 0.05) is 31.7 Å². The van der Waals surface area contributed by atoms with Crippen molar-refractivity contribution in [3.05, 3.63) is 0 Å². The topological polar surface area (TPSA) is 50.4 Å². The molecule has 0 radical (unpaired) electrons. The van der Waals surface area contributed by atoms with Crippen molar-refractivity contribution < 1.29 is 9.53 Å². The molecule has 0 spiro atoms. The average Bonchev–Trinajstić information content (AvgIpc) is 2.14. The number of amides is 1. The Kier molecular flexibility index (Phi) is 5.77. The summed E-state index contributed by atoms with van der Waals surface area (Å²) in [6.45, 7) is 7.69. The minimum atomic E-state index is 0.146. The van der Waals surface area contributed by atoms with E-state index in [1.807, 2.05) is 6.92 Å². The molecule has 0 bridgehead atoms. The lowest BCUT2D eigenvalue weighted by Gasteiger charge is -2.35. The SMILES string of the molecule is CCOC1CC(NC(=O)CCNC(C)C)C1. The first-order valence-corrected chi connectivity index (χ1v) is 6.26. The Labute approximate surface area is 98.1 Å². The van der Waals surface area contributed by atoms with Crippen molar-refractivity contribution in [3.63, 3.8) is 0 Å². The Morgan fingerprint density at radius 2 is 2.12 bits per heavy atom. The van der Waals surface area contributed by atoms with Crippen molar-refractivity contribution in [2.45, 2.75) is 58.2 Å². The number of hydrogen-bond donors (Lipinski definition) is 2. The molecular formula is C12H24N2O2. The highest BCUT2D eigenvalue weighted by Crippen LogP contribution is 2.23. The van der Waals surface area contributed by atoms with Crippen molar-refractivity contribution >= 4 is 5.91 Å². The van der Waals surface area contributed by atoms with Crippen LogP contribution in [0.1, 0.15) is 40.0 Å². The summed E-state index contributed by atoms with van der Waals surface area (Å²) < 4.78 is 5.44. The highest BCUT2D eigenvalue weighted by molar-refractivity contribution is 5.76. The minimum Gasteiger partial charge on any atom is -0.378 e. The second-order valence-corrected chi connectivity index (χ2v) is 4.67. The summed E-state index contributed by atoms with van der Waals surface area (Å²) in [4.78, 5) is 11.5. The predicted molar refractivity (Wildman–Crippen MR) is 64.3 cm³/mol. The van der Waals surface area contributed by atoms with Gasteiger partial charge < -0.3 is 15.4 Å². The van der Waals surface area contributed by atoms with Crippen molar-refractivity contribution in [1.82, 2.24) is 10.6 Å². The molecule has 1 fully saturated rings. The van der Waals surface area contributed by atoms with Gasteiger partial charge in [-0.1, -0.05) is 13.8 Å². The first-order chi connectivity index (χ1) is 7.61. The monoisotopic (exact) mass is 228 g/mol. The largest absolute Gasteiger partial charge is 0.378 e. The zero-order chi connectivity index (χ0) is 12.0. The smallest absolute Gasteiger partial charge is 0.221 e. The molecular weight excluding hydrogens is 204 g/mol. The fourth-order valence-corrected chi connectivity index (χ4v) is 1.83. The van der Waals surface area contributed by atoms with Crippen LogP contribution in [0.4, 0.5) is 0 Å². The molecule has 0 saturated heterocycles. The molecule has 4 nitrogen and oxygen atoms in total. The highest BCUT2D eigenvalue weighted by Gasteiger charge is 2.30. The van der Waals surface area contributed by atoms with E-state index in [2.05, 4.69) is 24.5 Å². The summed E-state index contributed by atoms with van der Waals surface area (Å²) in [7, 11) is 0. The maximum atomic E-state index is 11.5. The van der Waals surface area contributed by atoms with E-state index in [0.29, 0.717) is 24.6 Å². The van der Waals surface area contributed by atoms with E-state index in [-0.39, 0.29) is 5.91 Å². The molecule has 4 heteroatoms. The second-order valence-electron chi connectivity index (χ2n) is 4.67. The summed E-state index contributed by atoms with van der Waals surface area (Å²) in [5.74, 6) is 0.146. The quantitative estimate of drug-likeness (QED) is 0.685. The summed E-state index contributed by atoms with van der Waals surface area (Å²) in [6.07, 6.45) is 2.87. The Morgan fingerprint density at radius 3 is 2.69 bits per heavy atom. The number of ether oxygens (including phenoxy) is 1. The molecule has 2 N–H and O–H groups in total. The van der Waals surface area contributed by atoms with Crippen LogP contribution in [-0.4, -0.2) is 37.2 Å².